The van der Waals surface area contributed by atoms with Crippen molar-refractivity contribution in [3.05, 3.63) is 70.8 Å². The quantitative estimate of drug-likeness (QED) is 0.858. The molecule has 2 N–H and O–H groups in total. The fourth-order valence-corrected chi connectivity index (χ4v) is 3.37. The minimum absolute atomic E-state index is 0.0281. The van der Waals surface area contributed by atoms with Gasteiger partial charge in [0.05, 0.1) is 0 Å². The van der Waals surface area contributed by atoms with Crippen molar-refractivity contribution in [3.63, 3.8) is 0 Å². The number of aryl methyl sites for hydroxylation is 2. The summed E-state index contributed by atoms with van der Waals surface area (Å²) in [4.78, 5) is 23.3. The van der Waals surface area contributed by atoms with Gasteiger partial charge in [-0.25, -0.2) is 0 Å². The van der Waals surface area contributed by atoms with Crippen molar-refractivity contribution in [2.75, 3.05) is 6.54 Å². The first-order valence-electron chi connectivity index (χ1n) is 8.31. The van der Waals surface area contributed by atoms with Gasteiger partial charge >= 0.3 is 5.97 Å². The van der Waals surface area contributed by atoms with Crippen LogP contribution in [-0.4, -0.2) is 23.5 Å². The molecule has 4 heteroatoms. The van der Waals surface area contributed by atoms with Crippen LogP contribution in [-0.2, 0) is 17.6 Å². The van der Waals surface area contributed by atoms with E-state index in [9.17, 15) is 9.59 Å². The zero-order valence-electron chi connectivity index (χ0n) is 13.5. The standard InChI is InChI=1S/C20H21NO3/c22-19(23)12-11-15-6-2-4-8-18(15)20(24)21-13-16-10-9-14-5-1-3-7-17(14)16/h1-8,16H,9-13H2,(H,21,24)(H,22,23). The zero-order chi connectivity index (χ0) is 16.9. The second-order valence-corrected chi connectivity index (χ2v) is 6.20. The molecular formula is C20H21NO3. The normalized spacial score (nSPS) is 15.8. The molecule has 4 nitrogen and oxygen atoms in total. The molecule has 0 bridgehead atoms. The van der Waals surface area contributed by atoms with Gasteiger partial charge in [0.25, 0.3) is 5.91 Å². The Hall–Kier alpha value is -2.62. The lowest BCUT2D eigenvalue weighted by Gasteiger charge is -2.14. The van der Waals surface area contributed by atoms with Crippen molar-refractivity contribution in [2.45, 2.75) is 31.6 Å². The third kappa shape index (κ3) is 3.65. The van der Waals surface area contributed by atoms with Crippen molar-refractivity contribution >= 4 is 11.9 Å². The van der Waals surface area contributed by atoms with Crippen LogP contribution >= 0.6 is 0 Å². The number of carbonyl (C=O) groups excluding carboxylic acids is 1. The van der Waals surface area contributed by atoms with E-state index in [1.807, 2.05) is 24.3 Å². The third-order valence-corrected chi connectivity index (χ3v) is 4.64. The van der Waals surface area contributed by atoms with E-state index in [0.717, 1.165) is 18.4 Å². The van der Waals surface area contributed by atoms with Crippen molar-refractivity contribution in [1.29, 1.82) is 0 Å². The van der Waals surface area contributed by atoms with Gasteiger partial charge in [0, 0.05) is 24.4 Å². The molecule has 0 heterocycles. The average molecular weight is 323 g/mol. The Morgan fingerprint density at radius 2 is 1.83 bits per heavy atom. The fourth-order valence-electron chi connectivity index (χ4n) is 3.37. The molecule has 124 valence electrons. The second kappa shape index (κ2) is 7.30. The Kier molecular flexibility index (Phi) is 4.94. The van der Waals surface area contributed by atoms with Gasteiger partial charge in [-0.2, -0.15) is 0 Å². The minimum Gasteiger partial charge on any atom is -0.481 e. The summed E-state index contributed by atoms with van der Waals surface area (Å²) < 4.78 is 0. The number of fused-ring (bicyclic) bond motifs is 1. The number of carboxylic acid groups (broad SMARTS) is 1. The lowest BCUT2D eigenvalue weighted by molar-refractivity contribution is -0.136. The van der Waals surface area contributed by atoms with Crippen molar-refractivity contribution < 1.29 is 14.7 Å². The summed E-state index contributed by atoms with van der Waals surface area (Å²) in [7, 11) is 0. The summed E-state index contributed by atoms with van der Waals surface area (Å²) in [6, 6.07) is 15.6. The molecule has 1 aliphatic rings. The van der Waals surface area contributed by atoms with Crippen molar-refractivity contribution in [3.8, 4) is 0 Å². The topological polar surface area (TPSA) is 66.4 Å². The van der Waals surface area contributed by atoms with Crippen LogP contribution < -0.4 is 5.32 Å². The highest BCUT2D eigenvalue weighted by molar-refractivity contribution is 5.95. The van der Waals surface area contributed by atoms with Gasteiger partial charge in [0.1, 0.15) is 0 Å². The molecule has 1 amide bonds. The van der Waals surface area contributed by atoms with E-state index in [-0.39, 0.29) is 12.3 Å². The number of hydrogen-bond donors (Lipinski definition) is 2. The second-order valence-electron chi connectivity index (χ2n) is 6.20. The van der Waals surface area contributed by atoms with Gasteiger partial charge in [-0.15, -0.1) is 0 Å². The van der Waals surface area contributed by atoms with Crippen molar-refractivity contribution in [2.24, 2.45) is 0 Å². The fraction of sp³-hybridized carbons (Fsp3) is 0.300. The van der Waals surface area contributed by atoms with E-state index in [2.05, 4.69) is 23.5 Å². The predicted octanol–water partition coefficient (Wildman–Crippen LogP) is 3.16. The molecule has 0 radical (unpaired) electrons. The number of aliphatic carboxylic acids is 1. The largest absolute Gasteiger partial charge is 0.481 e. The maximum Gasteiger partial charge on any atom is 0.303 e. The lowest BCUT2D eigenvalue weighted by Crippen LogP contribution is -2.28. The molecular weight excluding hydrogens is 302 g/mol. The lowest BCUT2D eigenvalue weighted by atomic mass is 10.00. The van der Waals surface area contributed by atoms with Crippen molar-refractivity contribution in [1.82, 2.24) is 5.32 Å². The molecule has 0 spiro atoms. The van der Waals surface area contributed by atoms with E-state index < -0.39 is 5.97 Å². The van der Waals surface area contributed by atoms with E-state index >= 15 is 0 Å². The summed E-state index contributed by atoms with van der Waals surface area (Å²) in [5, 5.41) is 11.9. The zero-order valence-corrected chi connectivity index (χ0v) is 13.5. The summed E-state index contributed by atoms with van der Waals surface area (Å²) in [5.41, 5.74) is 4.06. The highest BCUT2D eigenvalue weighted by Gasteiger charge is 2.22. The van der Waals surface area contributed by atoms with Gasteiger partial charge < -0.3 is 10.4 Å². The van der Waals surface area contributed by atoms with Crippen LogP contribution in [0.1, 0.15) is 45.8 Å². The third-order valence-electron chi connectivity index (χ3n) is 4.64. The number of amides is 1. The number of hydrogen-bond acceptors (Lipinski definition) is 2. The van der Waals surface area contributed by atoms with Crippen LogP contribution in [0.3, 0.4) is 0 Å². The Morgan fingerprint density at radius 3 is 2.67 bits per heavy atom. The average Bonchev–Trinajstić information content (AvgIpc) is 3.01. The van der Waals surface area contributed by atoms with E-state index in [1.54, 1.807) is 6.07 Å². The molecule has 24 heavy (non-hydrogen) atoms. The molecule has 0 saturated heterocycles. The number of carbonyl (C=O) groups is 2. The molecule has 1 unspecified atom stereocenters. The SMILES string of the molecule is O=C(O)CCc1ccccc1C(=O)NCC1CCc2ccccc21. The Balaban J connectivity index is 1.65. The first-order valence-corrected chi connectivity index (χ1v) is 8.31. The summed E-state index contributed by atoms with van der Waals surface area (Å²) in [6.07, 6.45) is 2.51. The molecule has 3 rings (SSSR count). The van der Waals surface area contributed by atoms with Gasteiger partial charge in [0.15, 0.2) is 0 Å². The maximum atomic E-state index is 12.5. The molecule has 1 aliphatic carbocycles. The van der Waals surface area contributed by atoms with Gasteiger partial charge in [-0.05, 0) is 42.0 Å². The summed E-state index contributed by atoms with van der Waals surface area (Å²) in [5.74, 6) is -0.621. The Morgan fingerprint density at radius 1 is 1.08 bits per heavy atom. The number of carboxylic acids is 1. The molecule has 0 fully saturated rings. The number of nitrogens with one attached hydrogen (secondary N) is 1. The molecule has 0 aliphatic heterocycles. The smallest absolute Gasteiger partial charge is 0.303 e. The molecule has 1 atom stereocenters. The van der Waals surface area contributed by atoms with Crippen LogP contribution in [0.2, 0.25) is 0 Å². The Bertz CT molecular complexity index is 754. The molecule has 2 aromatic carbocycles. The number of rotatable bonds is 6. The van der Waals surface area contributed by atoms with E-state index in [0.29, 0.717) is 24.4 Å². The molecule has 0 aromatic heterocycles. The van der Waals surface area contributed by atoms with E-state index in [1.165, 1.54) is 11.1 Å². The van der Waals surface area contributed by atoms with Crippen LogP contribution in [0.25, 0.3) is 0 Å². The predicted molar refractivity (Wildman–Crippen MR) is 92.2 cm³/mol. The Labute approximate surface area is 141 Å². The highest BCUT2D eigenvalue weighted by atomic mass is 16.4. The molecule has 2 aromatic rings. The van der Waals surface area contributed by atoms with Crippen LogP contribution in [0.4, 0.5) is 0 Å². The minimum atomic E-state index is -0.854. The van der Waals surface area contributed by atoms with Gasteiger partial charge in [-0.1, -0.05) is 42.5 Å². The van der Waals surface area contributed by atoms with Gasteiger partial charge in [-0.3, -0.25) is 9.59 Å². The van der Waals surface area contributed by atoms with Crippen LogP contribution in [0, 0.1) is 0 Å². The first kappa shape index (κ1) is 16.2. The van der Waals surface area contributed by atoms with Gasteiger partial charge in [0.2, 0.25) is 0 Å². The highest BCUT2D eigenvalue weighted by Crippen LogP contribution is 2.32. The molecule has 0 saturated carbocycles. The summed E-state index contributed by atoms with van der Waals surface area (Å²) in [6.45, 7) is 0.614. The first-order chi connectivity index (χ1) is 11.6. The number of benzene rings is 2. The summed E-state index contributed by atoms with van der Waals surface area (Å²) >= 11 is 0. The van der Waals surface area contributed by atoms with Crippen LogP contribution in [0.5, 0.6) is 0 Å². The van der Waals surface area contributed by atoms with E-state index in [4.69, 9.17) is 5.11 Å². The van der Waals surface area contributed by atoms with Crippen LogP contribution in [0.15, 0.2) is 48.5 Å². The maximum absolute atomic E-state index is 12.5. The monoisotopic (exact) mass is 323 g/mol.